The molecule has 0 heterocycles. The molecule has 0 rings (SSSR count). The first-order valence-corrected chi connectivity index (χ1v) is 4.07. The number of halogens is 2. The van der Waals surface area contributed by atoms with E-state index in [0.717, 1.165) is 0 Å². The molecule has 0 saturated carbocycles. The minimum absolute atomic E-state index is 0. The van der Waals surface area contributed by atoms with Gasteiger partial charge in [0.25, 0.3) is 0 Å². The first-order valence-electron chi connectivity index (χ1n) is 4.07. The van der Waals surface area contributed by atoms with Crippen LogP contribution in [0.1, 0.15) is 27.7 Å². The second-order valence-electron chi connectivity index (χ2n) is 1.96. The molecule has 0 fully saturated rings. The molecule has 0 aliphatic heterocycles. The molecule has 0 aliphatic carbocycles. The maximum atomic E-state index is 2.86. The van der Waals surface area contributed by atoms with Crippen molar-refractivity contribution in [3.63, 3.8) is 0 Å². The fourth-order valence-corrected chi connectivity index (χ4v) is 0.385. The van der Waals surface area contributed by atoms with Gasteiger partial charge in [0.05, 0.1) is 0 Å². The van der Waals surface area contributed by atoms with Crippen LogP contribution in [0.3, 0.4) is 0 Å². The van der Waals surface area contributed by atoms with Crippen molar-refractivity contribution in [3.8, 4) is 0 Å². The third-order valence-electron chi connectivity index (χ3n) is 0.911. The van der Waals surface area contributed by atoms with E-state index in [2.05, 4.69) is 12.2 Å². The van der Waals surface area contributed by atoms with Gasteiger partial charge in [-0.25, -0.2) is 24.3 Å². The summed E-state index contributed by atoms with van der Waals surface area (Å²) in [6, 6.07) is 0. The quantitative estimate of drug-likeness (QED) is 0.403. The van der Waals surface area contributed by atoms with Crippen molar-refractivity contribution < 1.29 is 51.0 Å². The maximum absolute atomic E-state index is 2.86. The van der Waals surface area contributed by atoms with Gasteiger partial charge in [0.1, 0.15) is 0 Å². The summed E-state index contributed by atoms with van der Waals surface area (Å²) in [6.45, 7) is 7.71. The Hall–Kier alpha value is 0.423. The van der Waals surface area contributed by atoms with Crippen LogP contribution in [-0.4, -0.2) is 0 Å². The van der Waals surface area contributed by atoms with Gasteiger partial charge in [-0.2, -0.15) is 12.2 Å². The summed E-state index contributed by atoms with van der Waals surface area (Å²) in [6.07, 6.45) is 17.3. The predicted molar refractivity (Wildman–Crippen MR) is 56.6 cm³/mol. The summed E-state index contributed by atoms with van der Waals surface area (Å²) in [5.41, 5.74) is 0. The Balaban J connectivity index is -0.0000000370. The Bertz CT molecular complexity index is 130. The van der Waals surface area contributed by atoms with E-state index >= 15 is 0 Å². The molecule has 0 nitrogen and oxygen atoms in total. The van der Waals surface area contributed by atoms with Gasteiger partial charge >= 0.3 is 26.2 Å². The van der Waals surface area contributed by atoms with E-state index in [9.17, 15) is 0 Å². The van der Waals surface area contributed by atoms with E-state index in [0.29, 0.717) is 0 Å². The SMILES string of the molecule is C[C-]=CC=CC.C[C-]=CC=CC.[Cl-].[Cl-].[Zr+4]. The van der Waals surface area contributed by atoms with Gasteiger partial charge in [0.2, 0.25) is 0 Å². The van der Waals surface area contributed by atoms with Gasteiger partial charge < -0.3 is 24.8 Å². The Morgan fingerprint density at radius 3 is 1.07 bits per heavy atom. The molecule has 0 spiro atoms. The van der Waals surface area contributed by atoms with Crippen molar-refractivity contribution in [2.45, 2.75) is 27.7 Å². The van der Waals surface area contributed by atoms with Crippen molar-refractivity contribution >= 4 is 0 Å². The van der Waals surface area contributed by atoms with Crippen molar-refractivity contribution in [2.75, 3.05) is 0 Å². The van der Waals surface area contributed by atoms with Gasteiger partial charge in [0, 0.05) is 0 Å². The summed E-state index contributed by atoms with van der Waals surface area (Å²) >= 11 is 0. The third kappa shape index (κ3) is 54.0. The Morgan fingerprint density at radius 1 is 0.733 bits per heavy atom. The van der Waals surface area contributed by atoms with E-state index in [1.54, 1.807) is 0 Å². The average Bonchev–Trinajstić information content (AvgIpc) is 2.12. The van der Waals surface area contributed by atoms with E-state index < -0.39 is 0 Å². The smallest absolute Gasteiger partial charge is 1.00 e. The van der Waals surface area contributed by atoms with Crippen LogP contribution in [0.2, 0.25) is 0 Å². The first kappa shape index (κ1) is 29.5. The average molecular weight is 324 g/mol. The molecule has 0 aromatic heterocycles. The molecule has 0 atom stereocenters. The summed E-state index contributed by atoms with van der Waals surface area (Å²) in [4.78, 5) is 0. The molecule has 0 aromatic carbocycles. The Labute approximate surface area is 127 Å². The molecule has 0 amide bonds. The fourth-order valence-electron chi connectivity index (χ4n) is 0.385. The van der Waals surface area contributed by atoms with Crippen molar-refractivity contribution in [1.82, 2.24) is 0 Å². The minimum Gasteiger partial charge on any atom is -1.00 e. The number of allylic oxidation sites excluding steroid dienone is 8. The zero-order valence-electron chi connectivity index (χ0n) is 9.72. The number of hydrogen-bond donors (Lipinski definition) is 0. The topological polar surface area (TPSA) is 0 Å². The molecule has 3 heteroatoms. The van der Waals surface area contributed by atoms with Crippen molar-refractivity contribution in [3.05, 3.63) is 48.6 Å². The van der Waals surface area contributed by atoms with Gasteiger partial charge in [-0.05, 0) is 0 Å². The molecular weight excluding hydrogens is 306 g/mol. The van der Waals surface area contributed by atoms with Crippen LogP contribution in [0.4, 0.5) is 0 Å². The summed E-state index contributed by atoms with van der Waals surface area (Å²) < 4.78 is 0. The normalized spacial score (nSPS) is 9.33. The monoisotopic (exact) mass is 322 g/mol. The van der Waals surface area contributed by atoms with E-state index in [-0.39, 0.29) is 51.0 Å². The standard InChI is InChI=1S/2C6H9.2ClH.Zr/c2*1-3-5-6-4-2;;;/h2*3,5-6H,1-2H3;2*1H;/q2*-1;;;+4/p-2. The largest absolute Gasteiger partial charge is 4.00 e. The third-order valence-corrected chi connectivity index (χ3v) is 0.911. The second-order valence-corrected chi connectivity index (χ2v) is 1.96. The molecule has 15 heavy (non-hydrogen) atoms. The Morgan fingerprint density at radius 2 is 1.00 bits per heavy atom. The van der Waals surface area contributed by atoms with Gasteiger partial charge in [-0.1, -0.05) is 13.8 Å². The van der Waals surface area contributed by atoms with Crippen LogP contribution in [0, 0.1) is 12.2 Å². The summed E-state index contributed by atoms with van der Waals surface area (Å²) in [5, 5.41) is 0. The first-order chi connectivity index (χ1) is 5.83. The zero-order valence-corrected chi connectivity index (χ0v) is 13.7. The van der Waals surface area contributed by atoms with Crippen LogP contribution in [-0.2, 0) is 26.2 Å². The molecule has 0 aromatic rings. The van der Waals surface area contributed by atoms with Gasteiger partial charge in [0.15, 0.2) is 0 Å². The summed E-state index contributed by atoms with van der Waals surface area (Å²) in [5.74, 6) is 0. The second kappa shape index (κ2) is 36.6. The van der Waals surface area contributed by atoms with Crippen LogP contribution in [0.5, 0.6) is 0 Å². The van der Waals surface area contributed by atoms with Gasteiger partial charge in [-0.3, -0.25) is 12.2 Å². The van der Waals surface area contributed by atoms with Crippen molar-refractivity contribution in [1.29, 1.82) is 0 Å². The van der Waals surface area contributed by atoms with Crippen LogP contribution in [0.25, 0.3) is 0 Å². The molecule has 0 unspecified atom stereocenters. The van der Waals surface area contributed by atoms with E-state index in [4.69, 9.17) is 0 Å². The molecule has 0 saturated heterocycles. The van der Waals surface area contributed by atoms with Crippen LogP contribution < -0.4 is 24.8 Å². The van der Waals surface area contributed by atoms with Crippen LogP contribution >= 0.6 is 0 Å². The van der Waals surface area contributed by atoms with Crippen molar-refractivity contribution in [2.24, 2.45) is 0 Å². The molecule has 0 aliphatic rings. The summed E-state index contributed by atoms with van der Waals surface area (Å²) in [7, 11) is 0. The van der Waals surface area contributed by atoms with E-state index in [1.165, 1.54) is 0 Å². The molecular formula is C12H18Cl2Zr. The van der Waals surface area contributed by atoms with Crippen LogP contribution in [0.15, 0.2) is 36.5 Å². The predicted octanol–water partition coefficient (Wildman–Crippen LogP) is -2.11. The van der Waals surface area contributed by atoms with E-state index in [1.807, 2.05) is 64.2 Å². The Kier molecular flexibility index (Phi) is 72.1. The maximum Gasteiger partial charge on any atom is 4.00 e. The minimum atomic E-state index is 0. The number of rotatable bonds is 2. The number of hydrogen-bond acceptors (Lipinski definition) is 0. The van der Waals surface area contributed by atoms with Gasteiger partial charge in [-0.15, -0.1) is 13.8 Å². The molecule has 0 N–H and O–H groups in total. The molecule has 0 bridgehead atoms. The zero-order chi connectivity index (χ0) is 9.66. The fraction of sp³-hybridized carbons (Fsp3) is 0.333. The molecule has 0 radical (unpaired) electrons. The molecule has 84 valence electrons.